The Bertz CT molecular complexity index is 969. The van der Waals surface area contributed by atoms with E-state index in [2.05, 4.69) is 0 Å². The van der Waals surface area contributed by atoms with Gasteiger partial charge in [-0.25, -0.2) is 0 Å². The first kappa shape index (κ1) is 23.1. The zero-order valence-corrected chi connectivity index (χ0v) is 18.2. The molecule has 1 saturated heterocycles. The van der Waals surface area contributed by atoms with Crippen molar-refractivity contribution in [1.82, 2.24) is 9.80 Å². The van der Waals surface area contributed by atoms with Crippen molar-refractivity contribution >= 4 is 11.8 Å². The highest BCUT2D eigenvalue weighted by molar-refractivity contribution is 5.95. The molecule has 0 bridgehead atoms. The molecule has 0 atom stereocenters. The number of nitrogens with zero attached hydrogens (tertiary/aromatic N) is 2. The lowest BCUT2D eigenvalue weighted by molar-refractivity contribution is -0.131. The van der Waals surface area contributed by atoms with Gasteiger partial charge in [-0.3, -0.25) is 9.59 Å². The quantitative estimate of drug-likeness (QED) is 0.584. The van der Waals surface area contributed by atoms with E-state index in [1.807, 2.05) is 18.2 Å². The van der Waals surface area contributed by atoms with Gasteiger partial charge >= 0.3 is 0 Å². The number of hydrogen-bond donors (Lipinski definition) is 3. The van der Waals surface area contributed by atoms with Crippen molar-refractivity contribution in [3.8, 4) is 28.7 Å². The third-order valence-electron chi connectivity index (χ3n) is 5.53. The van der Waals surface area contributed by atoms with Crippen molar-refractivity contribution in [1.29, 1.82) is 0 Å². The largest absolute Gasteiger partial charge is 0.504 e. The average molecular weight is 444 g/mol. The molecule has 2 aromatic carbocycles. The highest BCUT2D eigenvalue weighted by Crippen LogP contribution is 2.35. The molecule has 1 fully saturated rings. The molecule has 172 valence electrons. The van der Waals surface area contributed by atoms with Gasteiger partial charge in [0.15, 0.2) is 28.7 Å². The van der Waals surface area contributed by atoms with E-state index in [0.29, 0.717) is 56.9 Å². The fourth-order valence-corrected chi connectivity index (χ4v) is 3.73. The zero-order valence-electron chi connectivity index (χ0n) is 18.2. The fourth-order valence-electron chi connectivity index (χ4n) is 3.73. The van der Waals surface area contributed by atoms with Crippen molar-refractivity contribution in [2.75, 3.05) is 40.4 Å². The van der Waals surface area contributed by atoms with Gasteiger partial charge in [0.1, 0.15) is 0 Å². The zero-order chi connectivity index (χ0) is 23.3. The number of amides is 2. The van der Waals surface area contributed by atoms with Gasteiger partial charge in [-0.2, -0.15) is 0 Å². The molecule has 3 rings (SSSR count). The molecule has 0 aliphatic carbocycles. The van der Waals surface area contributed by atoms with Crippen LogP contribution in [0.3, 0.4) is 0 Å². The summed E-state index contributed by atoms with van der Waals surface area (Å²) in [5, 5.41) is 28.8. The van der Waals surface area contributed by atoms with Gasteiger partial charge in [0.25, 0.3) is 5.91 Å². The number of carbonyl (C=O) groups excluding carboxylic acids is 2. The Morgan fingerprint density at radius 3 is 2.16 bits per heavy atom. The molecule has 0 aromatic heterocycles. The summed E-state index contributed by atoms with van der Waals surface area (Å²) in [6.45, 7) is 1.72. The second-order valence-corrected chi connectivity index (χ2v) is 7.58. The number of aryl methyl sites for hydroxylation is 1. The summed E-state index contributed by atoms with van der Waals surface area (Å²) in [5.74, 6) is -0.902. The first-order valence-corrected chi connectivity index (χ1v) is 10.4. The second-order valence-electron chi connectivity index (χ2n) is 7.58. The number of benzene rings is 2. The number of methoxy groups -OCH3 is 2. The third kappa shape index (κ3) is 5.16. The molecule has 2 aromatic rings. The molecule has 9 heteroatoms. The summed E-state index contributed by atoms with van der Waals surface area (Å²) in [6, 6.07) is 7.81. The molecule has 3 N–H and O–H groups in total. The Hall–Kier alpha value is -3.62. The van der Waals surface area contributed by atoms with Gasteiger partial charge in [0, 0.05) is 38.2 Å². The summed E-state index contributed by atoms with van der Waals surface area (Å²) in [6.07, 6.45) is 1.51. The van der Waals surface area contributed by atoms with Crippen LogP contribution in [0, 0.1) is 0 Å². The highest BCUT2D eigenvalue weighted by Gasteiger charge is 2.24. The SMILES string of the molecule is COc1ccc(CCC(=O)N2CCCN(C(=O)c3cc(O)c(O)c(O)c3)CC2)cc1OC. The number of aromatic hydroxyl groups is 3. The summed E-state index contributed by atoms with van der Waals surface area (Å²) >= 11 is 0. The van der Waals surface area contributed by atoms with Gasteiger partial charge in [0.2, 0.25) is 5.91 Å². The Kier molecular flexibility index (Phi) is 7.29. The number of phenols is 3. The molecule has 1 aliphatic heterocycles. The van der Waals surface area contributed by atoms with Crippen molar-refractivity contribution in [3.05, 3.63) is 41.5 Å². The van der Waals surface area contributed by atoms with Crippen molar-refractivity contribution in [2.45, 2.75) is 19.3 Å². The first-order chi connectivity index (χ1) is 15.3. The smallest absolute Gasteiger partial charge is 0.254 e. The van der Waals surface area contributed by atoms with Crippen LogP contribution in [0.1, 0.15) is 28.8 Å². The molecule has 0 unspecified atom stereocenters. The van der Waals surface area contributed by atoms with Crippen LogP contribution in [0.5, 0.6) is 28.7 Å². The van der Waals surface area contributed by atoms with E-state index >= 15 is 0 Å². The van der Waals surface area contributed by atoms with E-state index in [1.165, 1.54) is 0 Å². The van der Waals surface area contributed by atoms with Crippen LogP contribution in [0.4, 0.5) is 0 Å². The molecular weight excluding hydrogens is 416 g/mol. The van der Waals surface area contributed by atoms with Crippen LogP contribution < -0.4 is 9.47 Å². The Balaban J connectivity index is 1.58. The Morgan fingerprint density at radius 2 is 1.50 bits per heavy atom. The Morgan fingerprint density at radius 1 is 0.875 bits per heavy atom. The minimum Gasteiger partial charge on any atom is -0.504 e. The van der Waals surface area contributed by atoms with E-state index in [-0.39, 0.29) is 17.4 Å². The van der Waals surface area contributed by atoms with Gasteiger partial charge in [-0.05, 0) is 42.7 Å². The van der Waals surface area contributed by atoms with Crippen LogP contribution in [0.25, 0.3) is 0 Å². The maximum absolute atomic E-state index is 12.8. The van der Waals surface area contributed by atoms with Gasteiger partial charge < -0.3 is 34.6 Å². The lowest BCUT2D eigenvalue weighted by Gasteiger charge is -2.22. The van der Waals surface area contributed by atoms with Gasteiger partial charge in [0.05, 0.1) is 14.2 Å². The first-order valence-electron chi connectivity index (χ1n) is 10.4. The van der Waals surface area contributed by atoms with Gasteiger partial charge in [-0.15, -0.1) is 0 Å². The standard InChI is InChI=1S/C23H28N2O7/c1-31-19-6-4-15(12-20(19)32-2)5-7-21(28)24-8-3-9-25(11-10-24)23(30)16-13-17(26)22(29)18(27)14-16/h4,6,12-14,26-27,29H,3,5,7-11H2,1-2H3. The lowest BCUT2D eigenvalue weighted by atomic mass is 10.1. The average Bonchev–Trinajstić information content (AvgIpc) is 3.06. The third-order valence-corrected chi connectivity index (χ3v) is 5.53. The van der Waals surface area contributed by atoms with E-state index in [1.54, 1.807) is 24.0 Å². The van der Waals surface area contributed by atoms with Crippen molar-refractivity contribution < 1.29 is 34.4 Å². The molecule has 0 spiro atoms. The predicted octanol–water partition coefficient (Wildman–Crippen LogP) is 2.13. The fraction of sp³-hybridized carbons (Fsp3) is 0.391. The second kappa shape index (κ2) is 10.1. The molecule has 2 amide bonds. The molecule has 1 aliphatic rings. The molecule has 9 nitrogen and oxygen atoms in total. The summed E-state index contributed by atoms with van der Waals surface area (Å²) in [7, 11) is 3.14. The summed E-state index contributed by atoms with van der Waals surface area (Å²) < 4.78 is 10.5. The normalized spacial score (nSPS) is 14.1. The lowest BCUT2D eigenvalue weighted by Crippen LogP contribution is -2.37. The molecular formula is C23H28N2O7. The van der Waals surface area contributed by atoms with E-state index in [0.717, 1.165) is 17.7 Å². The van der Waals surface area contributed by atoms with E-state index in [9.17, 15) is 24.9 Å². The molecule has 0 radical (unpaired) electrons. The number of ether oxygens (including phenoxy) is 2. The monoisotopic (exact) mass is 444 g/mol. The van der Waals surface area contributed by atoms with Gasteiger partial charge in [-0.1, -0.05) is 6.07 Å². The van der Waals surface area contributed by atoms with Crippen LogP contribution in [-0.2, 0) is 11.2 Å². The van der Waals surface area contributed by atoms with Crippen molar-refractivity contribution in [3.63, 3.8) is 0 Å². The maximum atomic E-state index is 12.8. The highest BCUT2D eigenvalue weighted by atomic mass is 16.5. The topological polar surface area (TPSA) is 120 Å². The van der Waals surface area contributed by atoms with Crippen LogP contribution in [0.15, 0.2) is 30.3 Å². The minimum absolute atomic E-state index is 0.00834. The van der Waals surface area contributed by atoms with Crippen LogP contribution in [-0.4, -0.2) is 77.3 Å². The minimum atomic E-state index is -0.663. The van der Waals surface area contributed by atoms with E-state index in [4.69, 9.17) is 9.47 Å². The van der Waals surface area contributed by atoms with Crippen LogP contribution >= 0.6 is 0 Å². The van der Waals surface area contributed by atoms with E-state index < -0.39 is 17.2 Å². The predicted molar refractivity (Wildman–Crippen MR) is 116 cm³/mol. The maximum Gasteiger partial charge on any atom is 0.254 e. The number of carbonyl (C=O) groups is 2. The molecule has 1 heterocycles. The Labute approximate surface area is 186 Å². The number of phenolic OH excluding ortho intramolecular Hbond substituents is 3. The summed E-state index contributed by atoms with van der Waals surface area (Å²) in [5.41, 5.74) is 1.04. The summed E-state index contributed by atoms with van der Waals surface area (Å²) in [4.78, 5) is 28.8. The molecule has 32 heavy (non-hydrogen) atoms. The molecule has 0 saturated carbocycles. The van der Waals surface area contributed by atoms with Crippen molar-refractivity contribution in [2.24, 2.45) is 0 Å². The van der Waals surface area contributed by atoms with Crippen LogP contribution in [0.2, 0.25) is 0 Å². The number of rotatable bonds is 6. The number of hydrogen-bond acceptors (Lipinski definition) is 7.